The summed E-state index contributed by atoms with van der Waals surface area (Å²) in [7, 11) is 4.66. The molecule has 7 nitrogen and oxygen atoms in total. The minimum atomic E-state index is -0.217. The SMILES string of the molecule is CCOc1c(Cl)cc(C(=O)N(Cc2cc(OC)c(OC)c(OC)c2)CC2CCCO2)cc1Cl. The van der Waals surface area contributed by atoms with Crippen molar-refractivity contribution in [3.05, 3.63) is 45.4 Å². The van der Waals surface area contributed by atoms with Crippen LogP contribution in [0.1, 0.15) is 35.7 Å². The molecule has 1 aliphatic heterocycles. The lowest BCUT2D eigenvalue weighted by Gasteiger charge is -2.27. The van der Waals surface area contributed by atoms with Gasteiger partial charge in [-0.2, -0.15) is 0 Å². The fraction of sp³-hybridized carbons (Fsp3) is 0.458. The molecule has 0 spiro atoms. The quantitative estimate of drug-likeness (QED) is 0.447. The maximum Gasteiger partial charge on any atom is 0.254 e. The maximum atomic E-state index is 13.6. The smallest absolute Gasteiger partial charge is 0.254 e. The highest BCUT2D eigenvalue weighted by molar-refractivity contribution is 6.37. The van der Waals surface area contributed by atoms with E-state index >= 15 is 0 Å². The van der Waals surface area contributed by atoms with Gasteiger partial charge in [-0.25, -0.2) is 0 Å². The van der Waals surface area contributed by atoms with Crippen LogP contribution in [0, 0.1) is 0 Å². The minimum Gasteiger partial charge on any atom is -0.493 e. The highest BCUT2D eigenvalue weighted by Gasteiger charge is 2.26. The first-order valence-electron chi connectivity index (χ1n) is 10.7. The Bertz CT molecular complexity index is 929. The van der Waals surface area contributed by atoms with Crippen molar-refractivity contribution in [1.82, 2.24) is 4.90 Å². The van der Waals surface area contributed by atoms with Crippen LogP contribution in [0.2, 0.25) is 10.0 Å². The van der Waals surface area contributed by atoms with E-state index in [0.717, 1.165) is 18.4 Å². The zero-order chi connectivity index (χ0) is 24.0. The largest absolute Gasteiger partial charge is 0.493 e. The number of methoxy groups -OCH3 is 3. The van der Waals surface area contributed by atoms with Crippen LogP contribution in [0.5, 0.6) is 23.0 Å². The zero-order valence-electron chi connectivity index (χ0n) is 19.3. The zero-order valence-corrected chi connectivity index (χ0v) is 20.8. The average molecular weight is 498 g/mol. The van der Waals surface area contributed by atoms with E-state index in [1.807, 2.05) is 19.1 Å². The Morgan fingerprint density at radius 3 is 2.15 bits per heavy atom. The Hall–Kier alpha value is -2.35. The molecule has 1 unspecified atom stereocenters. The molecule has 0 aromatic heterocycles. The predicted molar refractivity (Wildman–Crippen MR) is 127 cm³/mol. The fourth-order valence-electron chi connectivity index (χ4n) is 3.85. The summed E-state index contributed by atoms with van der Waals surface area (Å²) in [5.74, 6) is 1.68. The molecule has 1 amide bonds. The van der Waals surface area contributed by atoms with Gasteiger partial charge < -0.3 is 28.6 Å². The molecule has 2 aromatic carbocycles. The van der Waals surface area contributed by atoms with Gasteiger partial charge in [0.2, 0.25) is 5.75 Å². The van der Waals surface area contributed by atoms with Gasteiger partial charge in [0.15, 0.2) is 17.2 Å². The van der Waals surface area contributed by atoms with E-state index in [9.17, 15) is 4.79 Å². The minimum absolute atomic E-state index is 0.0374. The molecular weight excluding hydrogens is 469 g/mol. The predicted octanol–water partition coefficient (Wildman–Crippen LogP) is 5.24. The fourth-order valence-corrected chi connectivity index (χ4v) is 4.44. The molecule has 1 atom stereocenters. The number of ether oxygens (including phenoxy) is 5. The third kappa shape index (κ3) is 5.96. The molecule has 1 fully saturated rings. The molecule has 1 saturated heterocycles. The second-order valence-electron chi connectivity index (χ2n) is 7.56. The lowest BCUT2D eigenvalue weighted by Crippen LogP contribution is -2.37. The van der Waals surface area contributed by atoms with Crippen molar-refractivity contribution in [3.8, 4) is 23.0 Å². The Kier molecular flexibility index (Phi) is 8.95. The first-order chi connectivity index (χ1) is 15.9. The number of hydrogen-bond donors (Lipinski definition) is 0. The van der Waals surface area contributed by atoms with Gasteiger partial charge in [-0.3, -0.25) is 4.79 Å². The van der Waals surface area contributed by atoms with Crippen molar-refractivity contribution in [1.29, 1.82) is 0 Å². The number of halogens is 2. The van der Waals surface area contributed by atoms with E-state index in [1.54, 1.807) is 38.4 Å². The molecule has 0 bridgehead atoms. The van der Waals surface area contributed by atoms with Crippen molar-refractivity contribution in [2.24, 2.45) is 0 Å². The molecule has 1 heterocycles. The third-order valence-corrected chi connectivity index (χ3v) is 5.93. The van der Waals surface area contributed by atoms with Crippen LogP contribution in [0.25, 0.3) is 0 Å². The number of carbonyl (C=O) groups is 1. The van der Waals surface area contributed by atoms with Crippen LogP contribution in [-0.4, -0.2) is 58.0 Å². The monoisotopic (exact) mass is 497 g/mol. The third-order valence-electron chi connectivity index (χ3n) is 5.37. The molecule has 180 valence electrons. The van der Waals surface area contributed by atoms with Gasteiger partial charge in [-0.1, -0.05) is 23.2 Å². The normalized spacial score (nSPS) is 15.3. The Morgan fingerprint density at radius 2 is 1.67 bits per heavy atom. The van der Waals surface area contributed by atoms with Crippen molar-refractivity contribution in [3.63, 3.8) is 0 Å². The van der Waals surface area contributed by atoms with E-state index in [1.165, 1.54) is 0 Å². The molecular formula is C24H29Cl2NO6. The molecule has 0 aliphatic carbocycles. The van der Waals surface area contributed by atoms with Gasteiger partial charge in [0.05, 0.1) is 44.1 Å². The summed E-state index contributed by atoms with van der Waals surface area (Å²) in [6.07, 6.45) is 1.83. The summed E-state index contributed by atoms with van der Waals surface area (Å²) in [5, 5.41) is 0.579. The molecule has 33 heavy (non-hydrogen) atoms. The summed E-state index contributed by atoms with van der Waals surface area (Å²) < 4.78 is 27.6. The van der Waals surface area contributed by atoms with Crippen LogP contribution in [0.3, 0.4) is 0 Å². The van der Waals surface area contributed by atoms with Gasteiger partial charge >= 0.3 is 0 Å². The standard InChI is InChI=1S/C24H29Cl2NO6/c1-5-32-22-18(25)11-16(12-19(22)26)24(28)27(14-17-7-6-8-33-17)13-15-9-20(29-2)23(31-4)21(10-15)30-3/h9-12,17H,5-8,13-14H2,1-4H3. The van der Waals surface area contributed by atoms with Gasteiger partial charge in [0, 0.05) is 25.3 Å². The van der Waals surface area contributed by atoms with E-state index < -0.39 is 0 Å². The molecule has 9 heteroatoms. The van der Waals surface area contributed by atoms with E-state index in [4.69, 9.17) is 46.9 Å². The number of benzene rings is 2. The van der Waals surface area contributed by atoms with Crippen LogP contribution >= 0.6 is 23.2 Å². The van der Waals surface area contributed by atoms with E-state index in [0.29, 0.717) is 54.9 Å². The Balaban J connectivity index is 1.95. The summed E-state index contributed by atoms with van der Waals surface area (Å²) in [6.45, 7) is 3.68. The molecule has 2 aromatic rings. The van der Waals surface area contributed by atoms with E-state index in [-0.39, 0.29) is 22.1 Å². The lowest BCUT2D eigenvalue weighted by atomic mass is 10.1. The molecule has 0 N–H and O–H groups in total. The summed E-state index contributed by atoms with van der Waals surface area (Å²) in [5.41, 5.74) is 1.19. The highest BCUT2D eigenvalue weighted by Crippen LogP contribution is 2.39. The second kappa shape index (κ2) is 11.7. The average Bonchev–Trinajstić information content (AvgIpc) is 3.32. The van der Waals surface area contributed by atoms with Crippen LogP contribution < -0.4 is 18.9 Å². The number of nitrogens with zero attached hydrogens (tertiary/aromatic N) is 1. The van der Waals surface area contributed by atoms with Gasteiger partial charge in [-0.15, -0.1) is 0 Å². The summed E-state index contributed by atoms with van der Waals surface area (Å²) in [6, 6.07) is 6.82. The molecule has 0 saturated carbocycles. The molecule has 3 rings (SSSR count). The lowest BCUT2D eigenvalue weighted by molar-refractivity contribution is 0.0507. The first kappa shape index (κ1) is 25.3. The van der Waals surface area contributed by atoms with Crippen molar-refractivity contribution in [2.75, 3.05) is 41.1 Å². The summed E-state index contributed by atoms with van der Waals surface area (Å²) >= 11 is 12.7. The highest BCUT2D eigenvalue weighted by atomic mass is 35.5. The number of rotatable bonds is 10. The first-order valence-corrected chi connectivity index (χ1v) is 11.5. The molecule has 0 radical (unpaired) electrons. The van der Waals surface area contributed by atoms with Gasteiger partial charge in [-0.05, 0) is 49.6 Å². The van der Waals surface area contributed by atoms with Crippen LogP contribution in [0.15, 0.2) is 24.3 Å². The van der Waals surface area contributed by atoms with Crippen LogP contribution in [-0.2, 0) is 11.3 Å². The maximum absolute atomic E-state index is 13.6. The Morgan fingerprint density at radius 1 is 1.03 bits per heavy atom. The van der Waals surface area contributed by atoms with E-state index in [2.05, 4.69) is 0 Å². The van der Waals surface area contributed by atoms with Crippen LogP contribution in [0.4, 0.5) is 0 Å². The van der Waals surface area contributed by atoms with Crippen molar-refractivity contribution < 1.29 is 28.5 Å². The van der Waals surface area contributed by atoms with Gasteiger partial charge in [0.1, 0.15) is 0 Å². The number of carbonyl (C=O) groups excluding carboxylic acids is 1. The van der Waals surface area contributed by atoms with Gasteiger partial charge in [0.25, 0.3) is 5.91 Å². The number of hydrogen-bond acceptors (Lipinski definition) is 6. The Labute approximate surface area is 204 Å². The van der Waals surface area contributed by atoms with Crippen molar-refractivity contribution in [2.45, 2.75) is 32.4 Å². The second-order valence-corrected chi connectivity index (χ2v) is 8.37. The number of amides is 1. The summed E-state index contributed by atoms with van der Waals surface area (Å²) in [4.78, 5) is 15.3. The topological polar surface area (TPSA) is 66.5 Å². The van der Waals surface area contributed by atoms with Crippen molar-refractivity contribution >= 4 is 29.1 Å². The molecule has 1 aliphatic rings.